The first kappa shape index (κ1) is 15.5. The highest BCUT2D eigenvalue weighted by molar-refractivity contribution is 5.72. The van der Waals surface area contributed by atoms with Gasteiger partial charge in [-0.15, -0.1) is 0 Å². The quantitative estimate of drug-likeness (QED) is 0.693. The van der Waals surface area contributed by atoms with Gasteiger partial charge in [-0.25, -0.2) is 4.79 Å². The van der Waals surface area contributed by atoms with E-state index in [4.69, 9.17) is 5.73 Å². The molecule has 3 heteroatoms. The van der Waals surface area contributed by atoms with Crippen LogP contribution in [0.2, 0.25) is 0 Å². The van der Waals surface area contributed by atoms with Crippen LogP contribution >= 0.6 is 0 Å². The van der Waals surface area contributed by atoms with Crippen LogP contribution in [0.1, 0.15) is 71.6 Å². The monoisotopic (exact) mass is 316 g/mol. The van der Waals surface area contributed by atoms with E-state index in [1.54, 1.807) is 5.57 Å². The zero-order valence-corrected chi connectivity index (χ0v) is 14.7. The predicted octanol–water partition coefficient (Wildman–Crippen LogP) is 4.38. The minimum Gasteiger partial charge on any atom is -0.352 e. The van der Waals surface area contributed by atoms with Crippen molar-refractivity contribution in [3.05, 3.63) is 11.6 Å². The smallest absolute Gasteiger partial charge is 0.312 e. The lowest BCUT2D eigenvalue weighted by molar-refractivity contribution is -0.0323. The van der Waals surface area contributed by atoms with Gasteiger partial charge in [-0.3, -0.25) is 0 Å². The van der Waals surface area contributed by atoms with Crippen LogP contribution in [0.3, 0.4) is 0 Å². The first-order valence-corrected chi connectivity index (χ1v) is 9.70. The van der Waals surface area contributed by atoms with Crippen molar-refractivity contribution in [2.45, 2.75) is 77.7 Å². The number of amides is 2. The van der Waals surface area contributed by atoms with Crippen LogP contribution in [0, 0.1) is 28.6 Å². The summed E-state index contributed by atoms with van der Waals surface area (Å²) in [4.78, 5) is 11.4. The fourth-order valence-corrected chi connectivity index (χ4v) is 7.11. The highest BCUT2D eigenvalue weighted by atomic mass is 16.2. The Hall–Kier alpha value is -0.990. The molecule has 0 aromatic rings. The van der Waals surface area contributed by atoms with Crippen molar-refractivity contribution in [3.8, 4) is 0 Å². The largest absolute Gasteiger partial charge is 0.352 e. The third-order valence-electron chi connectivity index (χ3n) is 8.33. The van der Waals surface area contributed by atoms with E-state index in [2.05, 4.69) is 25.2 Å². The third kappa shape index (κ3) is 2.18. The first-order chi connectivity index (χ1) is 10.9. The number of carbonyl (C=O) groups is 1. The van der Waals surface area contributed by atoms with Crippen LogP contribution in [0.5, 0.6) is 0 Å². The van der Waals surface area contributed by atoms with Crippen molar-refractivity contribution in [2.75, 3.05) is 0 Å². The second-order valence-corrected chi connectivity index (χ2v) is 9.15. The maximum atomic E-state index is 11.4. The van der Waals surface area contributed by atoms with Crippen LogP contribution in [-0.2, 0) is 0 Å². The summed E-state index contributed by atoms with van der Waals surface area (Å²) in [5.74, 6) is 2.45. The number of hydrogen-bond acceptors (Lipinski definition) is 1. The minimum atomic E-state index is -0.343. The maximum Gasteiger partial charge on any atom is 0.312 e. The average Bonchev–Trinajstić information content (AvgIpc) is 2.83. The maximum absolute atomic E-state index is 11.4. The first-order valence-electron chi connectivity index (χ1n) is 9.70. The van der Waals surface area contributed by atoms with Crippen molar-refractivity contribution in [3.63, 3.8) is 0 Å². The van der Waals surface area contributed by atoms with Gasteiger partial charge in [0.1, 0.15) is 0 Å². The Labute approximate surface area is 140 Å². The molecule has 2 amide bonds. The molecule has 3 fully saturated rings. The number of hydrogen-bond donors (Lipinski definition) is 2. The Kier molecular flexibility index (Phi) is 3.55. The molecule has 4 aliphatic rings. The summed E-state index contributed by atoms with van der Waals surface area (Å²) in [5.41, 5.74) is 7.94. The van der Waals surface area contributed by atoms with Gasteiger partial charge < -0.3 is 11.1 Å². The minimum absolute atomic E-state index is 0.257. The molecule has 0 aromatic carbocycles. The van der Waals surface area contributed by atoms with Gasteiger partial charge in [0, 0.05) is 6.04 Å². The Balaban J connectivity index is 1.62. The molecule has 3 nitrogen and oxygen atoms in total. The summed E-state index contributed by atoms with van der Waals surface area (Å²) in [6, 6.07) is -0.0560. The Morgan fingerprint density at radius 2 is 2.00 bits per heavy atom. The van der Waals surface area contributed by atoms with Crippen molar-refractivity contribution in [2.24, 2.45) is 34.3 Å². The molecule has 0 aromatic heterocycles. The standard InChI is InChI=1S/C20H32N2O/c1-19-11-4-3-5-13(19)6-7-14-15-8-9-17(22-18(21)23)20(15,2)12-10-16(14)19/h6,14-17H,3-5,7-12H2,1-2H3,(H3,21,22,23)/t14-,15-,16-,17?,19-,20-/m0/s1. The summed E-state index contributed by atoms with van der Waals surface area (Å²) in [6.07, 6.45) is 14.4. The number of rotatable bonds is 1. The molecule has 0 heterocycles. The van der Waals surface area contributed by atoms with Gasteiger partial charge in [0.05, 0.1) is 0 Å². The van der Waals surface area contributed by atoms with Crippen LogP contribution in [0.15, 0.2) is 11.6 Å². The number of nitrogens with one attached hydrogen (secondary N) is 1. The second kappa shape index (κ2) is 5.26. The van der Waals surface area contributed by atoms with E-state index in [-0.39, 0.29) is 17.5 Å². The van der Waals surface area contributed by atoms with Crippen molar-refractivity contribution < 1.29 is 4.79 Å². The molecule has 4 rings (SSSR count). The molecule has 0 radical (unpaired) electrons. The predicted molar refractivity (Wildman–Crippen MR) is 92.8 cm³/mol. The van der Waals surface area contributed by atoms with Gasteiger partial charge in [-0.2, -0.15) is 0 Å². The van der Waals surface area contributed by atoms with Crippen molar-refractivity contribution >= 4 is 6.03 Å². The Morgan fingerprint density at radius 1 is 1.17 bits per heavy atom. The van der Waals surface area contributed by atoms with Crippen LogP contribution in [-0.4, -0.2) is 12.1 Å². The molecular weight excluding hydrogens is 284 g/mol. The third-order valence-corrected chi connectivity index (χ3v) is 8.33. The normalized spacial score (nSPS) is 48.7. The van der Waals surface area contributed by atoms with Crippen molar-refractivity contribution in [1.29, 1.82) is 0 Å². The molecule has 3 N–H and O–H groups in total. The summed E-state index contributed by atoms with van der Waals surface area (Å²) in [7, 11) is 0. The van der Waals surface area contributed by atoms with Crippen molar-refractivity contribution in [1.82, 2.24) is 5.32 Å². The Morgan fingerprint density at radius 3 is 2.78 bits per heavy atom. The van der Waals surface area contributed by atoms with Gasteiger partial charge >= 0.3 is 6.03 Å². The lowest BCUT2D eigenvalue weighted by Gasteiger charge is -2.57. The van der Waals surface area contributed by atoms with Crippen LogP contribution in [0.4, 0.5) is 4.79 Å². The van der Waals surface area contributed by atoms with E-state index >= 15 is 0 Å². The summed E-state index contributed by atoms with van der Waals surface area (Å²) in [6.45, 7) is 4.98. The van der Waals surface area contributed by atoms with Crippen LogP contribution in [0.25, 0.3) is 0 Å². The van der Waals surface area contributed by atoms with Gasteiger partial charge in [0.2, 0.25) is 0 Å². The van der Waals surface area contributed by atoms with Gasteiger partial charge in [0.25, 0.3) is 0 Å². The van der Waals surface area contributed by atoms with E-state index in [0.717, 1.165) is 24.2 Å². The molecule has 6 atom stereocenters. The average molecular weight is 316 g/mol. The van der Waals surface area contributed by atoms with Crippen LogP contribution < -0.4 is 11.1 Å². The molecule has 128 valence electrons. The van der Waals surface area contributed by atoms with E-state index < -0.39 is 0 Å². The summed E-state index contributed by atoms with van der Waals surface area (Å²) >= 11 is 0. The molecule has 0 spiro atoms. The second-order valence-electron chi connectivity index (χ2n) is 9.15. The molecular formula is C20H32N2O. The van der Waals surface area contributed by atoms with Gasteiger partial charge in [0.15, 0.2) is 0 Å². The van der Waals surface area contributed by atoms with Gasteiger partial charge in [-0.05, 0) is 80.0 Å². The molecule has 4 aliphatic carbocycles. The molecule has 3 saturated carbocycles. The molecule has 23 heavy (non-hydrogen) atoms. The SMILES string of the molecule is C[C@]12CCCCC1=CC[C@@H]1[C@@H]2CC[C@]2(C)C(NC(N)=O)CC[C@@H]12. The van der Waals surface area contributed by atoms with E-state index in [0.29, 0.717) is 5.41 Å². The van der Waals surface area contributed by atoms with E-state index in [1.807, 2.05) is 0 Å². The summed E-state index contributed by atoms with van der Waals surface area (Å²) < 4.78 is 0. The summed E-state index contributed by atoms with van der Waals surface area (Å²) in [5, 5.41) is 3.07. The Bertz CT molecular complexity index is 542. The number of primary amides is 1. The molecule has 0 aliphatic heterocycles. The van der Waals surface area contributed by atoms with E-state index in [9.17, 15) is 4.79 Å². The lowest BCUT2D eigenvalue weighted by Crippen LogP contribution is -2.54. The fourth-order valence-electron chi connectivity index (χ4n) is 7.11. The number of carbonyl (C=O) groups excluding carboxylic acids is 1. The fraction of sp³-hybridized carbons (Fsp3) is 0.850. The highest BCUT2D eigenvalue weighted by Gasteiger charge is 2.58. The van der Waals surface area contributed by atoms with E-state index in [1.165, 1.54) is 51.4 Å². The lowest BCUT2D eigenvalue weighted by atomic mass is 9.48. The number of allylic oxidation sites excluding steroid dienone is 2. The van der Waals surface area contributed by atoms with Gasteiger partial charge in [-0.1, -0.05) is 31.9 Å². The molecule has 0 saturated heterocycles. The zero-order chi connectivity index (χ0) is 16.2. The highest BCUT2D eigenvalue weighted by Crippen LogP contribution is 2.64. The number of urea groups is 1. The molecule has 0 bridgehead atoms. The molecule has 1 unspecified atom stereocenters. The topological polar surface area (TPSA) is 55.1 Å². The number of nitrogens with two attached hydrogens (primary N) is 1. The zero-order valence-electron chi connectivity index (χ0n) is 14.7. The number of fused-ring (bicyclic) bond motifs is 5.